The topological polar surface area (TPSA) is 111 Å². The van der Waals surface area contributed by atoms with Gasteiger partial charge < -0.3 is 15.4 Å². The van der Waals surface area contributed by atoms with Crippen molar-refractivity contribution >= 4 is 17.3 Å². The van der Waals surface area contributed by atoms with Gasteiger partial charge in [-0.3, -0.25) is 19.6 Å². The normalized spacial score (nSPS) is 10.5. The number of benzene rings is 3. The van der Waals surface area contributed by atoms with Gasteiger partial charge in [0.25, 0.3) is 11.6 Å². The molecule has 178 valence electrons. The first-order chi connectivity index (χ1) is 17.0. The van der Waals surface area contributed by atoms with Crippen LogP contribution in [0.25, 0.3) is 11.3 Å². The van der Waals surface area contributed by atoms with Crippen LogP contribution in [-0.2, 0) is 6.54 Å². The first-order valence-electron chi connectivity index (χ1n) is 11.1. The van der Waals surface area contributed by atoms with Crippen LogP contribution in [0.2, 0.25) is 0 Å². The van der Waals surface area contributed by atoms with Gasteiger partial charge in [-0.05, 0) is 29.8 Å². The summed E-state index contributed by atoms with van der Waals surface area (Å²) in [6.45, 7) is 1.35. The number of anilines is 1. The van der Waals surface area contributed by atoms with Crippen molar-refractivity contribution in [1.29, 1.82) is 0 Å². The highest BCUT2D eigenvalue weighted by molar-refractivity contribution is 5.99. The van der Waals surface area contributed by atoms with Gasteiger partial charge in [0, 0.05) is 42.7 Å². The Morgan fingerprint density at radius 3 is 2.51 bits per heavy atom. The fourth-order valence-corrected chi connectivity index (χ4v) is 3.60. The molecule has 1 aromatic heterocycles. The predicted octanol–water partition coefficient (Wildman–Crippen LogP) is 4.36. The van der Waals surface area contributed by atoms with E-state index < -0.39 is 4.92 Å². The van der Waals surface area contributed by atoms with Crippen molar-refractivity contribution in [3.63, 3.8) is 0 Å². The minimum Gasteiger partial charge on any atom is -0.497 e. The van der Waals surface area contributed by atoms with Crippen LogP contribution in [0.15, 0.2) is 85.1 Å². The molecule has 0 spiro atoms. The quantitative estimate of drug-likeness (QED) is 0.202. The summed E-state index contributed by atoms with van der Waals surface area (Å²) in [5.41, 5.74) is 3.65. The molecule has 0 fully saturated rings. The molecule has 35 heavy (non-hydrogen) atoms. The Morgan fingerprint density at radius 2 is 1.80 bits per heavy atom. The molecule has 1 heterocycles. The number of carbonyl (C=O) groups is 1. The molecule has 9 nitrogen and oxygen atoms in total. The van der Waals surface area contributed by atoms with Crippen molar-refractivity contribution in [2.75, 3.05) is 25.5 Å². The van der Waals surface area contributed by atoms with Gasteiger partial charge in [-0.2, -0.15) is 5.10 Å². The van der Waals surface area contributed by atoms with Gasteiger partial charge in [-0.1, -0.05) is 42.5 Å². The smallest absolute Gasteiger partial charge is 0.269 e. The number of aromatic nitrogens is 2. The fourth-order valence-electron chi connectivity index (χ4n) is 3.60. The Labute approximate surface area is 202 Å². The maximum atomic E-state index is 13.1. The summed E-state index contributed by atoms with van der Waals surface area (Å²) < 4.78 is 7.10. The van der Waals surface area contributed by atoms with Gasteiger partial charge in [0.15, 0.2) is 0 Å². The summed E-state index contributed by atoms with van der Waals surface area (Å²) >= 11 is 0. The molecule has 2 N–H and O–H groups in total. The molecule has 0 atom stereocenters. The molecular weight excluding hydrogens is 446 g/mol. The number of hydrogen-bond acceptors (Lipinski definition) is 6. The van der Waals surface area contributed by atoms with Crippen molar-refractivity contribution in [2.45, 2.75) is 6.54 Å². The zero-order valence-corrected chi connectivity index (χ0v) is 19.2. The summed E-state index contributed by atoms with van der Waals surface area (Å²) in [6.07, 6.45) is 1.75. The minimum atomic E-state index is -0.443. The van der Waals surface area contributed by atoms with Crippen LogP contribution in [-0.4, -0.2) is 40.8 Å². The molecular formula is C26H25N5O4. The number of nitrogens with one attached hydrogen (secondary N) is 2. The van der Waals surface area contributed by atoms with Crippen molar-refractivity contribution in [2.24, 2.45) is 0 Å². The monoisotopic (exact) mass is 471 g/mol. The average molecular weight is 472 g/mol. The third-order valence-corrected chi connectivity index (χ3v) is 5.35. The van der Waals surface area contributed by atoms with Crippen LogP contribution in [0.5, 0.6) is 5.75 Å². The van der Waals surface area contributed by atoms with Gasteiger partial charge in [0.1, 0.15) is 11.4 Å². The second-order valence-electron chi connectivity index (χ2n) is 7.79. The molecule has 1 amide bonds. The number of hydrogen-bond donors (Lipinski definition) is 2. The van der Waals surface area contributed by atoms with Gasteiger partial charge in [-0.25, -0.2) is 0 Å². The van der Waals surface area contributed by atoms with Gasteiger partial charge in [0.2, 0.25) is 0 Å². The molecule has 3 aromatic carbocycles. The minimum absolute atomic E-state index is 0.0291. The third-order valence-electron chi connectivity index (χ3n) is 5.35. The summed E-state index contributed by atoms with van der Waals surface area (Å²) in [6, 6.07) is 23.5. The second kappa shape index (κ2) is 11.0. The first kappa shape index (κ1) is 23.5. The lowest BCUT2D eigenvalue weighted by Crippen LogP contribution is -2.28. The van der Waals surface area contributed by atoms with Gasteiger partial charge in [0.05, 0.1) is 24.1 Å². The second-order valence-corrected chi connectivity index (χ2v) is 7.79. The first-order valence-corrected chi connectivity index (χ1v) is 11.1. The number of nitro benzene ring substituents is 1. The van der Waals surface area contributed by atoms with Gasteiger partial charge >= 0.3 is 0 Å². The van der Waals surface area contributed by atoms with E-state index in [-0.39, 0.29) is 11.6 Å². The average Bonchev–Trinajstić information content (AvgIpc) is 3.31. The molecule has 0 bridgehead atoms. The summed E-state index contributed by atoms with van der Waals surface area (Å²) in [5.74, 6) is 0.436. The summed E-state index contributed by atoms with van der Waals surface area (Å²) in [5, 5.41) is 21.5. The molecule has 0 saturated carbocycles. The van der Waals surface area contributed by atoms with E-state index >= 15 is 0 Å². The molecule has 0 aliphatic carbocycles. The zero-order chi connectivity index (χ0) is 24.6. The number of amides is 1. The van der Waals surface area contributed by atoms with Crippen LogP contribution >= 0.6 is 0 Å². The summed E-state index contributed by atoms with van der Waals surface area (Å²) in [7, 11) is 1.60. The van der Waals surface area contributed by atoms with Crippen LogP contribution in [0.3, 0.4) is 0 Å². The fraction of sp³-hybridized carbons (Fsp3) is 0.154. The standard InChI is InChI=1S/C26H25N5O4/c1-35-23-9-5-8-20(16-23)25-24(18-30(29-25)17-19-6-3-2-4-7-19)26(32)28-15-14-27-21-10-12-22(13-11-21)31(33)34/h2-13,16,18,27H,14-15,17H2,1H3,(H,28,32). The molecule has 0 unspecified atom stereocenters. The largest absolute Gasteiger partial charge is 0.497 e. The number of carbonyl (C=O) groups excluding carboxylic acids is 1. The number of ether oxygens (including phenoxy) is 1. The van der Waals surface area contributed by atoms with E-state index in [1.165, 1.54) is 12.1 Å². The van der Waals surface area contributed by atoms with E-state index in [1.54, 1.807) is 30.1 Å². The van der Waals surface area contributed by atoms with E-state index in [4.69, 9.17) is 9.84 Å². The molecule has 4 aromatic rings. The van der Waals surface area contributed by atoms with E-state index in [0.29, 0.717) is 36.6 Å². The van der Waals surface area contributed by atoms with E-state index in [9.17, 15) is 14.9 Å². The van der Waals surface area contributed by atoms with Crippen LogP contribution in [0, 0.1) is 10.1 Å². The van der Waals surface area contributed by atoms with Crippen LogP contribution in [0.1, 0.15) is 15.9 Å². The SMILES string of the molecule is COc1cccc(-c2nn(Cc3ccccc3)cc2C(=O)NCCNc2ccc([N+](=O)[O-])cc2)c1. The third kappa shape index (κ3) is 6.02. The summed E-state index contributed by atoms with van der Waals surface area (Å²) in [4.78, 5) is 23.4. The number of rotatable bonds is 10. The Bertz CT molecular complexity index is 1300. The van der Waals surface area contributed by atoms with E-state index in [1.807, 2.05) is 54.6 Å². The molecule has 0 radical (unpaired) electrons. The Morgan fingerprint density at radius 1 is 1.03 bits per heavy atom. The molecule has 0 aliphatic rings. The highest BCUT2D eigenvalue weighted by Gasteiger charge is 2.18. The lowest BCUT2D eigenvalue weighted by atomic mass is 10.1. The maximum absolute atomic E-state index is 13.1. The predicted molar refractivity (Wildman–Crippen MR) is 134 cm³/mol. The Hall–Kier alpha value is -4.66. The lowest BCUT2D eigenvalue weighted by molar-refractivity contribution is -0.384. The zero-order valence-electron chi connectivity index (χ0n) is 19.2. The molecule has 0 saturated heterocycles. The molecule has 4 rings (SSSR count). The van der Waals surface area contributed by atoms with E-state index in [0.717, 1.165) is 16.8 Å². The number of nitrogens with zero attached hydrogens (tertiary/aromatic N) is 3. The molecule has 9 heteroatoms. The Balaban J connectivity index is 1.47. The molecule has 0 aliphatic heterocycles. The Kier molecular flexibility index (Phi) is 7.37. The van der Waals surface area contributed by atoms with Crippen molar-refractivity contribution in [1.82, 2.24) is 15.1 Å². The van der Waals surface area contributed by atoms with Crippen molar-refractivity contribution in [3.8, 4) is 17.0 Å². The van der Waals surface area contributed by atoms with E-state index in [2.05, 4.69) is 10.6 Å². The van der Waals surface area contributed by atoms with Crippen LogP contribution in [0.4, 0.5) is 11.4 Å². The highest BCUT2D eigenvalue weighted by Crippen LogP contribution is 2.26. The van der Waals surface area contributed by atoms with Crippen LogP contribution < -0.4 is 15.4 Å². The number of methoxy groups -OCH3 is 1. The maximum Gasteiger partial charge on any atom is 0.269 e. The van der Waals surface area contributed by atoms with Gasteiger partial charge in [-0.15, -0.1) is 0 Å². The number of non-ortho nitro benzene ring substituents is 1. The highest BCUT2D eigenvalue weighted by atomic mass is 16.6. The number of nitro groups is 1. The van der Waals surface area contributed by atoms with Crippen molar-refractivity contribution < 1.29 is 14.5 Å². The lowest BCUT2D eigenvalue weighted by Gasteiger charge is -2.08. The van der Waals surface area contributed by atoms with Crippen molar-refractivity contribution in [3.05, 3.63) is 106 Å².